The summed E-state index contributed by atoms with van der Waals surface area (Å²) in [6.45, 7) is 2.17. The Morgan fingerprint density at radius 2 is 1.88 bits per heavy atom. The summed E-state index contributed by atoms with van der Waals surface area (Å²) in [6.07, 6.45) is 0.954. The van der Waals surface area contributed by atoms with Gasteiger partial charge in [0.15, 0.2) is 0 Å². The number of ether oxygens (including phenoxy) is 2. The van der Waals surface area contributed by atoms with Crippen LogP contribution in [0.5, 0.6) is 11.5 Å². The standard InChI is InChI=1S/C12H17BrO2S/c1-8(7-16)4-9-5-10(13)12(15-3)6-11(9)14-2/h5-6,8,16H,4,7H2,1-3H3. The van der Waals surface area contributed by atoms with Crippen molar-refractivity contribution in [2.75, 3.05) is 20.0 Å². The van der Waals surface area contributed by atoms with Gasteiger partial charge < -0.3 is 9.47 Å². The largest absolute Gasteiger partial charge is 0.496 e. The van der Waals surface area contributed by atoms with Crippen molar-refractivity contribution in [2.45, 2.75) is 13.3 Å². The highest BCUT2D eigenvalue weighted by Crippen LogP contribution is 2.34. The Balaban J connectivity index is 3.03. The minimum atomic E-state index is 0.525. The summed E-state index contributed by atoms with van der Waals surface area (Å²) in [7, 11) is 3.33. The molecule has 16 heavy (non-hydrogen) atoms. The minimum Gasteiger partial charge on any atom is -0.496 e. The number of rotatable bonds is 5. The highest BCUT2D eigenvalue weighted by atomic mass is 79.9. The normalized spacial score (nSPS) is 12.3. The van der Waals surface area contributed by atoms with Crippen LogP contribution in [0.25, 0.3) is 0 Å². The van der Waals surface area contributed by atoms with Crippen LogP contribution in [0.3, 0.4) is 0 Å². The van der Waals surface area contributed by atoms with Gasteiger partial charge >= 0.3 is 0 Å². The maximum Gasteiger partial charge on any atom is 0.136 e. The molecule has 0 saturated carbocycles. The monoisotopic (exact) mass is 304 g/mol. The first kappa shape index (κ1) is 13.7. The molecule has 4 heteroatoms. The lowest BCUT2D eigenvalue weighted by Crippen LogP contribution is -2.03. The highest BCUT2D eigenvalue weighted by Gasteiger charge is 2.11. The topological polar surface area (TPSA) is 18.5 Å². The van der Waals surface area contributed by atoms with Crippen LogP contribution in [0, 0.1) is 5.92 Å². The van der Waals surface area contributed by atoms with Crippen LogP contribution in [0.2, 0.25) is 0 Å². The summed E-state index contributed by atoms with van der Waals surface area (Å²) in [6, 6.07) is 3.96. The van der Waals surface area contributed by atoms with Gasteiger partial charge in [-0.05, 0) is 45.7 Å². The lowest BCUT2D eigenvalue weighted by molar-refractivity contribution is 0.388. The van der Waals surface area contributed by atoms with E-state index in [1.165, 1.54) is 5.56 Å². The van der Waals surface area contributed by atoms with Crippen molar-refractivity contribution in [3.63, 3.8) is 0 Å². The van der Waals surface area contributed by atoms with Crippen molar-refractivity contribution < 1.29 is 9.47 Å². The van der Waals surface area contributed by atoms with Crippen LogP contribution in [-0.2, 0) is 6.42 Å². The fraction of sp³-hybridized carbons (Fsp3) is 0.500. The van der Waals surface area contributed by atoms with Gasteiger partial charge in [0.2, 0.25) is 0 Å². The number of hydrogen-bond donors (Lipinski definition) is 1. The fourth-order valence-electron chi connectivity index (χ4n) is 1.52. The van der Waals surface area contributed by atoms with Gasteiger partial charge in [-0.1, -0.05) is 6.92 Å². The van der Waals surface area contributed by atoms with Crippen molar-refractivity contribution in [1.29, 1.82) is 0 Å². The molecule has 1 atom stereocenters. The van der Waals surface area contributed by atoms with Gasteiger partial charge in [0.1, 0.15) is 11.5 Å². The van der Waals surface area contributed by atoms with E-state index < -0.39 is 0 Å². The third-order valence-electron chi connectivity index (χ3n) is 2.43. The number of halogens is 1. The maximum absolute atomic E-state index is 5.36. The van der Waals surface area contributed by atoms with Gasteiger partial charge in [-0.15, -0.1) is 0 Å². The van der Waals surface area contributed by atoms with E-state index >= 15 is 0 Å². The van der Waals surface area contributed by atoms with Crippen LogP contribution < -0.4 is 9.47 Å². The first-order valence-corrected chi connectivity index (χ1v) is 6.56. The smallest absolute Gasteiger partial charge is 0.136 e. The Morgan fingerprint density at radius 3 is 2.38 bits per heavy atom. The quantitative estimate of drug-likeness (QED) is 0.838. The average molecular weight is 305 g/mol. The summed E-state index contributed by atoms with van der Waals surface area (Å²) in [5, 5.41) is 0. The summed E-state index contributed by atoms with van der Waals surface area (Å²) in [4.78, 5) is 0. The fourth-order valence-corrected chi connectivity index (χ4v) is 2.20. The molecule has 0 amide bonds. The van der Waals surface area contributed by atoms with Crippen molar-refractivity contribution in [2.24, 2.45) is 5.92 Å². The molecule has 0 fully saturated rings. The molecular formula is C12H17BrO2S. The molecule has 1 rings (SSSR count). The predicted molar refractivity (Wildman–Crippen MR) is 74.0 cm³/mol. The Morgan fingerprint density at radius 1 is 1.25 bits per heavy atom. The Labute approximate surface area is 111 Å². The minimum absolute atomic E-state index is 0.525. The Hall–Kier alpha value is -0.350. The van der Waals surface area contributed by atoms with Gasteiger partial charge in [-0.3, -0.25) is 0 Å². The van der Waals surface area contributed by atoms with Crippen LogP contribution in [0.4, 0.5) is 0 Å². The Bertz CT molecular complexity index is 355. The van der Waals surface area contributed by atoms with Crippen LogP contribution in [0.15, 0.2) is 16.6 Å². The molecule has 0 saturated heterocycles. The zero-order valence-electron chi connectivity index (χ0n) is 9.79. The van der Waals surface area contributed by atoms with Crippen molar-refractivity contribution in [3.8, 4) is 11.5 Å². The molecule has 1 aromatic carbocycles. The molecule has 1 aromatic rings. The second kappa shape index (κ2) is 6.40. The highest BCUT2D eigenvalue weighted by molar-refractivity contribution is 9.10. The van der Waals surface area contributed by atoms with Crippen molar-refractivity contribution in [1.82, 2.24) is 0 Å². The number of hydrogen-bond acceptors (Lipinski definition) is 3. The van der Waals surface area contributed by atoms with E-state index in [2.05, 4.69) is 41.5 Å². The van der Waals surface area contributed by atoms with Gasteiger partial charge in [0.25, 0.3) is 0 Å². The molecule has 0 bridgehead atoms. The van der Waals surface area contributed by atoms with E-state index in [1.54, 1.807) is 14.2 Å². The van der Waals surface area contributed by atoms with Crippen LogP contribution in [0.1, 0.15) is 12.5 Å². The molecule has 0 aliphatic rings. The molecule has 90 valence electrons. The molecule has 0 aliphatic carbocycles. The second-order valence-corrected chi connectivity index (χ2v) is 5.01. The molecular weight excluding hydrogens is 288 g/mol. The molecule has 0 radical (unpaired) electrons. The van der Waals surface area contributed by atoms with E-state index in [9.17, 15) is 0 Å². The van der Waals surface area contributed by atoms with E-state index in [0.29, 0.717) is 5.92 Å². The summed E-state index contributed by atoms with van der Waals surface area (Å²) in [5.74, 6) is 3.05. The zero-order chi connectivity index (χ0) is 12.1. The molecule has 0 heterocycles. The lowest BCUT2D eigenvalue weighted by atomic mass is 10.0. The average Bonchev–Trinajstić information content (AvgIpc) is 2.29. The second-order valence-electron chi connectivity index (χ2n) is 3.79. The zero-order valence-corrected chi connectivity index (χ0v) is 12.3. The van der Waals surface area contributed by atoms with Gasteiger partial charge in [-0.2, -0.15) is 12.6 Å². The van der Waals surface area contributed by atoms with E-state index in [4.69, 9.17) is 9.47 Å². The molecule has 0 aromatic heterocycles. The van der Waals surface area contributed by atoms with Crippen molar-refractivity contribution in [3.05, 3.63) is 22.2 Å². The molecule has 1 unspecified atom stereocenters. The van der Waals surface area contributed by atoms with Gasteiger partial charge in [0, 0.05) is 6.07 Å². The maximum atomic E-state index is 5.36. The van der Waals surface area contributed by atoms with Crippen LogP contribution >= 0.6 is 28.6 Å². The van der Waals surface area contributed by atoms with Gasteiger partial charge in [-0.25, -0.2) is 0 Å². The molecule has 0 N–H and O–H groups in total. The number of benzene rings is 1. The number of thiol groups is 1. The van der Waals surface area contributed by atoms with Crippen LogP contribution in [-0.4, -0.2) is 20.0 Å². The number of methoxy groups -OCH3 is 2. The summed E-state index contributed by atoms with van der Waals surface area (Å²) >= 11 is 7.78. The van der Waals surface area contributed by atoms with E-state index in [0.717, 1.165) is 28.1 Å². The van der Waals surface area contributed by atoms with E-state index in [-0.39, 0.29) is 0 Å². The summed E-state index contributed by atoms with van der Waals surface area (Å²) < 4.78 is 11.5. The molecule has 0 spiro atoms. The molecule has 2 nitrogen and oxygen atoms in total. The third kappa shape index (κ3) is 3.32. The van der Waals surface area contributed by atoms with Gasteiger partial charge in [0.05, 0.1) is 18.7 Å². The van der Waals surface area contributed by atoms with E-state index in [1.807, 2.05) is 6.07 Å². The van der Waals surface area contributed by atoms with Crippen molar-refractivity contribution >= 4 is 28.6 Å². The third-order valence-corrected chi connectivity index (χ3v) is 3.68. The Kier molecular flexibility index (Phi) is 5.49. The SMILES string of the molecule is COc1cc(OC)c(CC(C)CS)cc1Br. The first-order chi connectivity index (χ1) is 7.62. The predicted octanol–water partition coefficient (Wildman–Crippen LogP) is 3.57. The molecule has 0 aliphatic heterocycles. The lowest BCUT2D eigenvalue weighted by Gasteiger charge is -2.14. The first-order valence-electron chi connectivity index (χ1n) is 5.13. The summed E-state index contributed by atoms with van der Waals surface area (Å²) in [5.41, 5.74) is 1.18.